The third-order valence-corrected chi connectivity index (χ3v) is 4.17. The van der Waals surface area contributed by atoms with Gasteiger partial charge in [-0.15, -0.1) is 0 Å². The minimum atomic E-state index is -0.847. The van der Waals surface area contributed by atoms with E-state index in [9.17, 15) is 9.59 Å². The van der Waals surface area contributed by atoms with E-state index in [4.69, 9.17) is 5.11 Å². The van der Waals surface area contributed by atoms with Gasteiger partial charge in [-0.2, -0.15) is 5.10 Å². The van der Waals surface area contributed by atoms with Crippen LogP contribution in [-0.4, -0.2) is 44.9 Å². The van der Waals surface area contributed by atoms with E-state index in [2.05, 4.69) is 31.2 Å². The van der Waals surface area contributed by atoms with Gasteiger partial charge < -0.3 is 10.0 Å². The quantitative estimate of drug-likeness (QED) is 0.869. The van der Waals surface area contributed by atoms with E-state index in [-0.39, 0.29) is 23.5 Å². The van der Waals surface area contributed by atoms with Crippen molar-refractivity contribution in [2.75, 3.05) is 18.4 Å². The van der Waals surface area contributed by atoms with Crippen LogP contribution in [0.2, 0.25) is 0 Å². The minimum absolute atomic E-state index is 0.127. The number of amides is 2. The van der Waals surface area contributed by atoms with Crippen molar-refractivity contribution < 1.29 is 14.7 Å². The fraction of sp³-hybridized carbons (Fsp3) is 0.706. The monoisotopic (exact) mass is 336 g/mol. The topological polar surface area (TPSA) is 87.5 Å². The summed E-state index contributed by atoms with van der Waals surface area (Å²) in [5.41, 5.74) is 0.496. The third kappa shape index (κ3) is 3.88. The Morgan fingerprint density at radius 3 is 2.33 bits per heavy atom. The molecule has 2 amide bonds. The number of aliphatic carboxylic acids is 1. The predicted molar refractivity (Wildman–Crippen MR) is 92.3 cm³/mol. The Morgan fingerprint density at radius 2 is 1.88 bits per heavy atom. The summed E-state index contributed by atoms with van der Waals surface area (Å²) in [4.78, 5) is 25.1. The zero-order valence-corrected chi connectivity index (χ0v) is 15.4. The number of anilines is 1. The van der Waals surface area contributed by atoms with Crippen LogP contribution in [0.4, 0.5) is 10.6 Å². The fourth-order valence-electron chi connectivity index (χ4n) is 2.68. The van der Waals surface area contributed by atoms with Gasteiger partial charge in [0.1, 0.15) is 5.82 Å². The van der Waals surface area contributed by atoms with E-state index in [1.165, 1.54) is 0 Å². The highest BCUT2D eigenvalue weighted by Gasteiger charge is 2.32. The number of carboxylic acid groups (broad SMARTS) is 1. The van der Waals surface area contributed by atoms with Gasteiger partial charge in [0.15, 0.2) is 0 Å². The second-order valence-electron chi connectivity index (χ2n) is 8.45. The van der Waals surface area contributed by atoms with Crippen molar-refractivity contribution in [3.05, 3.63) is 11.8 Å². The molecule has 1 saturated heterocycles. The summed E-state index contributed by atoms with van der Waals surface area (Å²) in [5, 5.41) is 16.6. The molecular weight excluding hydrogens is 308 g/mol. The molecule has 1 unspecified atom stereocenters. The van der Waals surface area contributed by atoms with Gasteiger partial charge in [-0.25, -0.2) is 9.48 Å². The lowest BCUT2D eigenvalue weighted by molar-refractivity contribution is -0.141. The van der Waals surface area contributed by atoms with Crippen molar-refractivity contribution in [3.63, 3.8) is 0 Å². The Labute approximate surface area is 143 Å². The lowest BCUT2D eigenvalue weighted by Gasteiger charge is -2.24. The molecule has 0 aromatic carbocycles. The van der Waals surface area contributed by atoms with Crippen LogP contribution in [0.15, 0.2) is 6.07 Å². The Bertz CT molecular complexity index is 637. The highest BCUT2D eigenvalue weighted by molar-refractivity contribution is 5.89. The van der Waals surface area contributed by atoms with Crippen LogP contribution in [0.25, 0.3) is 0 Å². The Morgan fingerprint density at radius 1 is 1.25 bits per heavy atom. The predicted octanol–water partition coefficient (Wildman–Crippen LogP) is 2.87. The van der Waals surface area contributed by atoms with Crippen LogP contribution in [-0.2, 0) is 15.7 Å². The highest BCUT2D eigenvalue weighted by Crippen LogP contribution is 2.28. The molecule has 134 valence electrons. The van der Waals surface area contributed by atoms with Gasteiger partial charge in [-0.05, 0) is 27.2 Å². The van der Waals surface area contributed by atoms with Crippen LogP contribution in [0, 0.1) is 5.92 Å². The van der Waals surface area contributed by atoms with Crippen LogP contribution < -0.4 is 5.32 Å². The number of aromatic nitrogens is 2. The van der Waals surface area contributed by atoms with Crippen molar-refractivity contribution in [2.24, 2.45) is 5.92 Å². The van der Waals surface area contributed by atoms with Crippen molar-refractivity contribution in [1.29, 1.82) is 0 Å². The standard InChI is InChI=1S/C17H28N4O3/c1-16(2,3)12-9-13(21(19-12)17(4,5)6)18-15(24)20-8-7-11(10-20)14(22)23/h9,11H,7-8,10H2,1-6H3,(H,18,24)(H,22,23). The molecule has 1 atom stereocenters. The lowest BCUT2D eigenvalue weighted by Crippen LogP contribution is -2.35. The molecule has 1 aliphatic heterocycles. The average molecular weight is 336 g/mol. The molecule has 1 aromatic heterocycles. The van der Waals surface area contributed by atoms with Crippen molar-refractivity contribution in [3.8, 4) is 0 Å². The number of urea groups is 1. The van der Waals surface area contributed by atoms with Crippen molar-refractivity contribution in [2.45, 2.75) is 58.9 Å². The number of hydrogen-bond donors (Lipinski definition) is 2. The number of nitrogens with zero attached hydrogens (tertiary/aromatic N) is 3. The largest absolute Gasteiger partial charge is 0.481 e. The molecule has 0 spiro atoms. The first kappa shape index (κ1) is 18.3. The summed E-state index contributed by atoms with van der Waals surface area (Å²) in [6, 6.07) is 1.62. The summed E-state index contributed by atoms with van der Waals surface area (Å²) < 4.78 is 1.82. The molecule has 0 bridgehead atoms. The molecule has 7 nitrogen and oxygen atoms in total. The molecule has 0 radical (unpaired) electrons. The second kappa shape index (κ2) is 6.11. The van der Waals surface area contributed by atoms with E-state index < -0.39 is 11.9 Å². The Kier molecular flexibility index (Phi) is 4.65. The SMILES string of the molecule is CC(C)(C)c1cc(NC(=O)N2CCC(C(=O)O)C2)n(C(C)(C)C)n1. The molecule has 1 aromatic rings. The molecule has 24 heavy (non-hydrogen) atoms. The summed E-state index contributed by atoms with van der Waals surface area (Å²) in [5.74, 6) is -0.690. The minimum Gasteiger partial charge on any atom is -0.481 e. The molecule has 0 saturated carbocycles. The van der Waals surface area contributed by atoms with Crippen LogP contribution in [0.1, 0.15) is 53.7 Å². The molecule has 2 rings (SSSR count). The van der Waals surface area contributed by atoms with E-state index in [0.717, 1.165) is 5.69 Å². The number of hydrogen-bond acceptors (Lipinski definition) is 3. The second-order valence-corrected chi connectivity index (χ2v) is 8.45. The molecule has 1 fully saturated rings. The van der Waals surface area contributed by atoms with E-state index in [1.54, 1.807) is 4.90 Å². The summed E-state index contributed by atoms with van der Waals surface area (Å²) >= 11 is 0. The first-order valence-electron chi connectivity index (χ1n) is 8.29. The van der Waals surface area contributed by atoms with E-state index in [1.807, 2.05) is 31.5 Å². The van der Waals surface area contributed by atoms with E-state index >= 15 is 0 Å². The first-order valence-corrected chi connectivity index (χ1v) is 8.29. The number of nitrogens with one attached hydrogen (secondary N) is 1. The maximum Gasteiger partial charge on any atom is 0.323 e. The summed E-state index contributed by atoms with van der Waals surface area (Å²) in [6.07, 6.45) is 0.495. The van der Waals surface area contributed by atoms with Gasteiger partial charge >= 0.3 is 12.0 Å². The number of rotatable bonds is 2. The normalized spacial score (nSPS) is 18.8. The molecular formula is C17H28N4O3. The third-order valence-electron chi connectivity index (χ3n) is 4.17. The number of carbonyl (C=O) groups excluding carboxylic acids is 1. The molecule has 0 aliphatic carbocycles. The van der Waals surface area contributed by atoms with E-state index in [0.29, 0.717) is 18.8 Å². The van der Waals surface area contributed by atoms with Gasteiger partial charge in [0.05, 0.1) is 17.2 Å². The maximum absolute atomic E-state index is 12.5. The van der Waals surface area contributed by atoms with Crippen LogP contribution in [0.3, 0.4) is 0 Å². The molecule has 2 heterocycles. The highest BCUT2D eigenvalue weighted by atomic mass is 16.4. The smallest absolute Gasteiger partial charge is 0.323 e. The fourth-order valence-corrected chi connectivity index (χ4v) is 2.68. The lowest BCUT2D eigenvalue weighted by atomic mass is 9.92. The molecule has 2 N–H and O–H groups in total. The zero-order chi connectivity index (χ0) is 18.3. The van der Waals surface area contributed by atoms with Crippen molar-refractivity contribution in [1.82, 2.24) is 14.7 Å². The Hall–Kier alpha value is -2.05. The molecule has 1 aliphatic rings. The van der Waals surface area contributed by atoms with Gasteiger partial charge in [-0.1, -0.05) is 20.8 Å². The van der Waals surface area contributed by atoms with Crippen LogP contribution in [0.5, 0.6) is 0 Å². The van der Waals surface area contributed by atoms with Gasteiger partial charge in [-0.3, -0.25) is 10.1 Å². The summed E-state index contributed by atoms with van der Waals surface area (Å²) in [7, 11) is 0. The maximum atomic E-state index is 12.5. The van der Waals surface area contributed by atoms with Gasteiger partial charge in [0.25, 0.3) is 0 Å². The number of carbonyl (C=O) groups is 2. The van der Waals surface area contributed by atoms with Crippen molar-refractivity contribution >= 4 is 17.8 Å². The first-order chi connectivity index (χ1) is 10.9. The van der Waals surface area contributed by atoms with Gasteiger partial charge in [0.2, 0.25) is 0 Å². The number of likely N-dealkylation sites (tertiary alicyclic amines) is 1. The Balaban J connectivity index is 2.21. The average Bonchev–Trinajstić information content (AvgIpc) is 3.03. The molecule has 7 heteroatoms. The van der Waals surface area contributed by atoms with Crippen LogP contribution >= 0.6 is 0 Å². The zero-order valence-electron chi connectivity index (χ0n) is 15.4. The summed E-state index contributed by atoms with van der Waals surface area (Å²) in [6.45, 7) is 13.0. The number of carboxylic acids is 1. The van der Waals surface area contributed by atoms with Gasteiger partial charge in [0, 0.05) is 24.6 Å².